The number of rotatable bonds is 9. The number of aliphatic hydroxyl groups is 1. The molecule has 1 heterocycles. The second-order valence-corrected chi connectivity index (χ2v) is 10.2. The van der Waals surface area contributed by atoms with Crippen molar-refractivity contribution in [3.05, 3.63) is 59.6 Å². The molecule has 2 atom stereocenters. The van der Waals surface area contributed by atoms with Crippen molar-refractivity contribution in [2.75, 3.05) is 6.54 Å². The number of benzene rings is 2. The lowest BCUT2D eigenvalue weighted by molar-refractivity contribution is 0.159. The van der Waals surface area contributed by atoms with E-state index < -0.39 is 21.3 Å². The molecule has 0 saturated heterocycles. The number of aromatic nitrogens is 1. The van der Waals surface area contributed by atoms with Gasteiger partial charge in [-0.05, 0) is 42.5 Å². The molecule has 7 heteroatoms. The van der Waals surface area contributed by atoms with Crippen molar-refractivity contribution in [2.45, 2.75) is 43.1 Å². The first-order valence-electron chi connectivity index (χ1n) is 9.40. The largest absolute Gasteiger partial charge is 0.392 e. The van der Waals surface area contributed by atoms with Crippen molar-refractivity contribution in [1.29, 1.82) is 0 Å². The standard InChI is InChI=1S/C21H26N2O3S2/c1-15(2)21(22-13-17(24)9-8-16-6-4-3-5-7-16)28(25,26)18-10-11-19-20(12-18)27-14-23-19/h3-7,10-12,14-15,17,21-22,24H,8-9,13H2,1-2H3/t17-,21?/m1/s1. The van der Waals surface area contributed by atoms with E-state index in [2.05, 4.69) is 10.3 Å². The highest BCUT2D eigenvalue weighted by atomic mass is 32.2. The predicted molar refractivity (Wildman–Crippen MR) is 114 cm³/mol. The van der Waals surface area contributed by atoms with Gasteiger partial charge >= 0.3 is 0 Å². The third-order valence-corrected chi connectivity index (χ3v) is 7.82. The van der Waals surface area contributed by atoms with Gasteiger partial charge in [0.05, 0.1) is 26.7 Å². The number of hydrogen-bond donors (Lipinski definition) is 2. The number of nitrogens with zero attached hydrogens (tertiary/aromatic N) is 1. The Balaban J connectivity index is 1.66. The van der Waals surface area contributed by atoms with Gasteiger partial charge in [-0.1, -0.05) is 44.2 Å². The highest BCUT2D eigenvalue weighted by molar-refractivity contribution is 7.92. The number of aliphatic hydroxyl groups excluding tert-OH is 1. The summed E-state index contributed by atoms with van der Waals surface area (Å²) in [5, 5.41) is 12.7. The van der Waals surface area contributed by atoms with Gasteiger partial charge in [0.1, 0.15) is 5.37 Å². The van der Waals surface area contributed by atoms with Crippen LogP contribution in [0.5, 0.6) is 0 Å². The van der Waals surface area contributed by atoms with Gasteiger partial charge in [0.25, 0.3) is 0 Å². The van der Waals surface area contributed by atoms with Gasteiger partial charge in [-0.25, -0.2) is 13.4 Å². The molecule has 0 bridgehead atoms. The van der Waals surface area contributed by atoms with Gasteiger partial charge in [0, 0.05) is 6.54 Å². The van der Waals surface area contributed by atoms with Crippen LogP contribution in [0.3, 0.4) is 0 Å². The lowest BCUT2D eigenvalue weighted by Crippen LogP contribution is -2.44. The van der Waals surface area contributed by atoms with E-state index >= 15 is 0 Å². The fraction of sp³-hybridized carbons (Fsp3) is 0.381. The number of thiazole rings is 1. The molecule has 2 aromatic carbocycles. The predicted octanol–water partition coefficient (Wildman–Crippen LogP) is 3.64. The SMILES string of the molecule is CC(C)C(NC[C@H](O)CCc1ccccc1)S(=O)(=O)c1ccc2ncsc2c1. The highest BCUT2D eigenvalue weighted by Crippen LogP contribution is 2.26. The Labute approximate surface area is 170 Å². The normalized spacial score (nSPS) is 14.4. The Bertz CT molecular complexity index is 1000. The summed E-state index contributed by atoms with van der Waals surface area (Å²) in [4.78, 5) is 4.49. The van der Waals surface area contributed by atoms with Gasteiger partial charge < -0.3 is 5.11 Å². The van der Waals surface area contributed by atoms with Crippen molar-refractivity contribution in [3.8, 4) is 0 Å². The minimum Gasteiger partial charge on any atom is -0.392 e. The molecule has 1 aromatic heterocycles. The van der Waals surface area contributed by atoms with Crippen LogP contribution in [0.1, 0.15) is 25.8 Å². The summed E-state index contributed by atoms with van der Waals surface area (Å²) in [7, 11) is -3.58. The number of nitrogens with one attached hydrogen (secondary N) is 1. The summed E-state index contributed by atoms with van der Waals surface area (Å²) in [6.07, 6.45) is 0.722. The first-order valence-corrected chi connectivity index (χ1v) is 11.8. The second-order valence-electron chi connectivity index (χ2n) is 7.28. The molecule has 0 spiro atoms. The topological polar surface area (TPSA) is 79.3 Å². The Kier molecular flexibility index (Phi) is 6.82. The molecule has 3 rings (SSSR count). The Morgan fingerprint density at radius 2 is 1.89 bits per heavy atom. The van der Waals surface area contributed by atoms with Gasteiger partial charge in [-0.3, -0.25) is 5.32 Å². The summed E-state index contributed by atoms with van der Waals surface area (Å²) in [6.45, 7) is 3.98. The van der Waals surface area contributed by atoms with Crippen LogP contribution in [0, 0.1) is 5.92 Å². The molecule has 3 aromatic rings. The molecule has 0 aliphatic rings. The maximum absolute atomic E-state index is 13.2. The molecule has 0 aliphatic heterocycles. The first-order chi connectivity index (χ1) is 13.4. The summed E-state index contributed by atoms with van der Waals surface area (Å²) in [5.74, 6) is -0.136. The van der Waals surface area contributed by atoms with Crippen molar-refractivity contribution >= 4 is 31.4 Å². The van der Waals surface area contributed by atoms with E-state index in [0.717, 1.165) is 22.2 Å². The number of fused-ring (bicyclic) bond motifs is 1. The van der Waals surface area contributed by atoms with Gasteiger partial charge in [0.15, 0.2) is 9.84 Å². The van der Waals surface area contributed by atoms with Crippen molar-refractivity contribution in [1.82, 2.24) is 10.3 Å². The molecular formula is C21H26N2O3S2. The fourth-order valence-corrected chi connectivity index (χ4v) is 5.85. The third kappa shape index (κ3) is 4.97. The van der Waals surface area contributed by atoms with Crippen molar-refractivity contribution < 1.29 is 13.5 Å². The second kappa shape index (κ2) is 9.13. The molecule has 1 unspecified atom stereocenters. The highest BCUT2D eigenvalue weighted by Gasteiger charge is 2.30. The van der Waals surface area contributed by atoms with Crippen molar-refractivity contribution in [3.63, 3.8) is 0 Å². The lowest BCUT2D eigenvalue weighted by atomic mass is 10.1. The average molecular weight is 419 g/mol. The maximum Gasteiger partial charge on any atom is 0.194 e. The van der Waals surface area contributed by atoms with Crippen molar-refractivity contribution in [2.24, 2.45) is 5.92 Å². The molecule has 5 nitrogen and oxygen atoms in total. The van der Waals surface area contributed by atoms with Gasteiger partial charge in [-0.2, -0.15) is 0 Å². The average Bonchev–Trinajstić information content (AvgIpc) is 3.14. The number of aryl methyl sites for hydroxylation is 1. The van der Waals surface area contributed by atoms with E-state index in [0.29, 0.717) is 6.42 Å². The molecule has 0 aliphatic carbocycles. The minimum absolute atomic E-state index is 0.136. The Hall–Kier alpha value is -1.80. The molecule has 2 N–H and O–H groups in total. The zero-order chi connectivity index (χ0) is 20.1. The van der Waals surface area contributed by atoms with Crippen LogP contribution in [-0.2, 0) is 16.3 Å². The number of sulfone groups is 1. The molecule has 0 radical (unpaired) electrons. The minimum atomic E-state index is -3.58. The molecule has 150 valence electrons. The van der Waals surface area contributed by atoms with Gasteiger partial charge in [-0.15, -0.1) is 11.3 Å². The summed E-state index contributed by atoms with van der Waals surface area (Å²) >= 11 is 1.42. The van der Waals surface area contributed by atoms with E-state index in [9.17, 15) is 13.5 Å². The van der Waals surface area contributed by atoms with Crippen LogP contribution in [0.2, 0.25) is 0 Å². The third-order valence-electron chi connectivity index (χ3n) is 4.73. The summed E-state index contributed by atoms with van der Waals surface area (Å²) < 4.78 is 27.2. The fourth-order valence-electron chi connectivity index (χ4n) is 3.19. The summed E-state index contributed by atoms with van der Waals surface area (Å²) in [6, 6.07) is 15.0. The van der Waals surface area contributed by atoms with Crippen LogP contribution >= 0.6 is 11.3 Å². The lowest BCUT2D eigenvalue weighted by Gasteiger charge is -2.24. The van der Waals surface area contributed by atoms with E-state index in [1.165, 1.54) is 11.3 Å². The Morgan fingerprint density at radius 3 is 2.61 bits per heavy atom. The van der Waals surface area contributed by atoms with Crippen LogP contribution in [-0.4, -0.2) is 36.5 Å². The molecular weight excluding hydrogens is 392 g/mol. The van der Waals surface area contributed by atoms with E-state index in [1.54, 1.807) is 23.7 Å². The first kappa shape index (κ1) is 20.9. The van der Waals surface area contributed by atoms with E-state index in [4.69, 9.17) is 0 Å². The van der Waals surface area contributed by atoms with Crippen LogP contribution in [0.15, 0.2) is 58.9 Å². The zero-order valence-electron chi connectivity index (χ0n) is 16.1. The van der Waals surface area contributed by atoms with Crippen LogP contribution < -0.4 is 5.32 Å². The van der Waals surface area contributed by atoms with E-state index in [-0.39, 0.29) is 17.4 Å². The maximum atomic E-state index is 13.2. The molecule has 0 saturated carbocycles. The van der Waals surface area contributed by atoms with Gasteiger partial charge in [0.2, 0.25) is 0 Å². The monoisotopic (exact) mass is 418 g/mol. The van der Waals surface area contributed by atoms with Crippen LogP contribution in [0.25, 0.3) is 10.2 Å². The quantitative estimate of drug-likeness (QED) is 0.555. The molecule has 28 heavy (non-hydrogen) atoms. The van der Waals surface area contributed by atoms with E-state index in [1.807, 2.05) is 44.2 Å². The number of hydrogen-bond acceptors (Lipinski definition) is 6. The van der Waals surface area contributed by atoms with Crippen LogP contribution in [0.4, 0.5) is 0 Å². The zero-order valence-corrected chi connectivity index (χ0v) is 17.7. The Morgan fingerprint density at radius 1 is 1.14 bits per heavy atom. The molecule has 0 fully saturated rings. The smallest absolute Gasteiger partial charge is 0.194 e. The molecule has 0 amide bonds. The summed E-state index contributed by atoms with van der Waals surface area (Å²) in [5.41, 5.74) is 3.67.